The van der Waals surface area contributed by atoms with E-state index in [0.29, 0.717) is 11.2 Å². The second-order valence-corrected chi connectivity index (χ2v) is 6.42. The summed E-state index contributed by atoms with van der Waals surface area (Å²) in [6.07, 6.45) is 3.36. The van der Waals surface area contributed by atoms with E-state index in [4.69, 9.17) is 10.0 Å². The van der Waals surface area contributed by atoms with Gasteiger partial charge in [0.25, 0.3) is 0 Å². The van der Waals surface area contributed by atoms with Crippen molar-refractivity contribution in [1.82, 2.24) is 4.98 Å². The molecular formula is C12H11BIN2O3-. The van der Waals surface area contributed by atoms with E-state index in [2.05, 4.69) is 10.3 Å². The third kappa shape index (κ3) is 4.30. The van der Waals surface area contributed by atoms with E-state index in [0.717, 1.165) is 3.57 Å². The van der Waals surface area contributed by atoms with E-state index in [1.54, 1.807) is 42.7 Å². The Kier molecular flexibility index (Phi) is 4.89. The van der Waals surface area contributed by atoms with Crippen LogP contribution < -0.4 is 32.0 Å². The van der Waals surface area contributed by atoms with Crippen molar-refractivity contribution < 1.29 is 36.0 Å². The van der Waals surface area contributed by atoms with Crippen molar-refractivity contribution in [2.45, 2.75) is 0 Å². The molecule has 0 aliphatic heterocycles. The molecule has 0 unspecified atom stereocenters. The third-order valence-corrected chi connectivity index (χ3v) is 4.29. The zero-order valence-electron chi connectivity index (χ0n) is 9.82. The molecule has 0 bridgehead atoms. The molecule has 0 aliphatic carbocycles. The van der Waals surface area contributed by atoms with Crippen LogP contribution in [0.5, 0.6) is 0 Å². The van der Waals surface area contributed by atoms with Gasteiger partial charge in [-0.05, 0) is 0 Å². The summed E-state index contributed by atoms with van der Waals surface area (Å²) in [5.74, 6) is 0. The Labute approximate surface area is 121 Å². The first-order chi connectivity index (χ1) is 9.15. The van der Waals surface area contributed by atoms with Gasteiger partial charge < -0.3 is 0 Å². The second kappa shape index (κ2) is 6.64. The molecule has 1 aromatic carbocycles. The fourth-order valence-corrected chi connectivity index (χ4v) is 3.07. The van der Waals surface area contributed by atoms with Crippen LogP contribution in [0.3, 0.4) is 0 Å². The van der Waals surface area contributed by atoms with Gasteiger partial charge in [-0.3, -0.25) is 0 Å². The van der Waals surface area contributed by atoms with Crippen LogP contribution >= 0.6 is 0 Å². The molecule has 19 heavy (non-hydrogen) atoms. The van der Waals surface area contributed by atoms with Crippen LogP contribution in [0.1, 0.15) is 0 Å². The van der Waals surface area contributed by atoms with Crippen LogP contribution in [-0.4, -0.2) is 26.1 Å². The number of rotatable bonds is 4. The van der Waals surface area contributed by atoms with Crippen molar-refractivity contribution in [2.75, 3.05) is 5.32 Å². The maximum atomic E-state index is 11.8. The molecular weight excluding hydrogens is 358 g/mol. The molecule has 1 aromatic heterocycles. The van der Waals surface area contributed by atoms with Gasteiger partial charge in [-0.15, -0.1) is 0 Å². The molecule has 7 heteroatoms. The Bertz CT molecular complexity index is 549. The number of nitrogens with zero attached hydrogens (tertiary/aromatic N) is 1. The first kappa shape index (κ1) is 14.0. The number of carbonyl (C=O) groups is 1. The number of carbonyl (C=O) groups excluding carboxylic acids is 1. The SMILES string of the molecule is O=C(Nc1ccc(B(O)O)cc1)[I-]c1cccnc1. The summed E-state index contributed by atoms with van der Waals surface area (Å²) in [4.78, 5) is 15.8. The Hall–Kier alpha value is -1.45. The molecule has 5 nitrogen and oxygen atoms in total. The molecule has 1 amide bonds. The monoisotopic (exact) mass is 369 g/mol. The van der Waals surface area contributed by atoms with Crippen molar-refractivity contribution in [3.05, 3.63) is 52.4 Å². The summed E-state index contributed by atoms with van der Waals surface area (Å²) >= 11 is -0.794. The molecule has 0 fully saturated rings. The van der Waals surface area contributed by atoms with Gasteiger partial charge in [-0.1, -0.05) is 0 Å². The van der Waals surface area contributed by atoms with Crippen LogP contribution in [0.15, 0.2) is 48.8 Å². The predicted molar refractivity (Wildman–Crippen MR) is 68.2 cm³/mol. The van der Waals surface area contributed by atoms with E-state index in [9.17, 15) is 4.79 Å². The van der Waals surface area contributed by atoms with Crippen molar-refractivity contribution in [1.29, 1.82) is 0 Å². The molecule has 0 radical (unpaired) electrons. The van der Waals surface area contributed by atoms with Gasteiger partial charge in [-0.2, -0.15) is 0 Å². The number of benzene rings is 1. The minimum atomic E-state index is -1.49. The van der Waals surface area contributed by atoms with Crippen LogP contribution in [-0.2, 0) is 0 Å². The van der Waals surface area contributed by atoms with Crippen LogP contribution in [0, 0.1) is 3.57 Å². The molecule has 2 aromatic rings. The summed E-state index contributed by atoms with van der Waals surface area (Å²) in [6.45, 7) is 0. The van der Waals surface area contributed by atoms with Gasteiger partial charge in [0.05, 0.1) is 0 Å². The van der Waals surface area contributed by atoms with Crippen molar-refractivity contribution in [2.24, 2.45) is 0 Å². The molecule has 1 heterocycles. The van der Waals surface area contributed by atoms with Gasteiger partial charge in [0, 0.05) is 0 Å². The van der Waals surface area contributed by atoms with E-state index in [1.165, 1.54) is 0 Å². The zero-order valence-corrected chi connectivity index (χ0v) is 12.0. The van der Waals surface area contributed by atoms with Crippen LogP contribution in [0.25, 0.3) is 0 Å². The molecule has 2 rings (SSSR count). The molecule has 3 N–H and O–H groups in total. The van der Waals surface area contributed by atoms with Crippen molar-refractivity contribution in [3.8, 4) is 0 Å². The van der Waals surface area contributed by atoms with Gasteiger partial charge in [-0.25, -0.2) is 0 Å². The molecule has 0 spiro atoms. The number of halogens is 1. The van der Waals surface area contributed by atoms with E-state index < -0.39 is 28.3 Å². The van der Waals surface area contributed by atoms with E-state index in [-0.39, 0.29) is 3.91 Å². The number of nitrogens with one attached hydrogen (secondary N) is 1. The Balaban J connectivity index is 1.95. The van der Waals surface area contributed by atoms with Crippen molar-refractivity contribution >= 4 is 22.2 Å². The zero-order chi connectivity index (χ0) is 13.7. The topological polar surface area (TPSA) is 82.5 Å². The molecule has 0 aliphatic rings. The summed E-state index contributed by atoms with van der Waals surface area (Å²) in [5, 5.41) is 20.7. The number of hydrogen-bond acceptors (Lipinski definition) is 4. The molecule has 0 saturated heterocycles. The number of amides is 1. The summed E-state index contributed by atoms with van der Waals surface area (Å²) in [6, 6.07) is 10.1. The van der Waals surface area contributed by atoms with Gasteiger partial charge in [0.1, 0.15) is 0 Å². The minimum absolute atomic E-state index is 0.0379. The normalized spacial score (nSPS) is 10.2. The van der Waals surface area contributed by atoms with Crippen molar-refractivity contribution in [3.63, 3.8) is 0 Å². The second-order valence-electron chi connectivity index (χ2n) is 3.66. The number of aromatic nitrogens is 1. The summed E-state index contributed by atoms with van der Waals surface area (Å²) in [5.41, 5.74) is 1.03. The first-order valence-corrected chi connectivity index (χ1v) is 7.63. The quantitative estimate of drug-likeness (QED) is 0.236. The Morgan fingerprint density at radius 3 is 2.53 bits per heavy atom. The number of anilines is 1. The van der Waals surface area contributed by atoms with Crippen LogP contribution in [0.2, 0.25) is 0 Å². The van der Waals surface area contributed by atoms with Gasteiger partial charge in [0.2, 0.25) is 0 Å². The Morgan fingerprint density at radius 2 is 1.95 bits per heavy atom. The maximum absolute atomic E-state index is 11.8. The van der Waals surface area contributed by atoms with Gasteiger partial charge >= 0.3 is 121 Å². The van der Waals surface area contributed by atoms with E-state index >= 15 is 0 Å². The molecule has 0 saturated carbocycles. The first-order valence-electron chi connectivity index (χ1n) is 5.47. The average molecular weight is 369 g/mol. The van der Waals surface area contributed by atoms with E-state index in [1.807, 2.05) is 6.07 Å². The number of pyridine rings is 1. The van der Waals surface area contributed by atoms with Crippen LogP contribution in [0.4, 0.5) is 10.5 Å². The number of hydrogen-bond donors (Lipinski definition) is 3. The fourth-order valence-electron chi connectivity index (χ4n) is 1.37. The third-order valence-electron chi connectivity index (χ3n) is 2.27. The molecule has 0 atom stereocenters. The standard InChI is InChI=1S/C12H11BIN2O3/c17-12(14-10-2-1-7-15-8-10)16-11-5-3-9(4-6-11)13(18)19/h1-8,18-19H,(H,16,17)/q-1. The molecule has 98 valence electrons. The summed E-state index contributed by atoms with van der Waals surface area (Å²) < 4.78 is 0.908. The summed E-state index contributed by atoms with van der Waals surface area (Å²) in [7, 11) is -1.49. The predicted octanol–water partition coefficient (Wildman–Crippen LogP) is -2.75. The average Bonchev–Trinajstić information content (AvgIpc) is 2.40. The van der Waals surface area contributed by atoms with Gasteiger partial charge in [0.15, 0.2) is 0 Å². The Morgan fingerprint density at radius 1 is 1.21 bits per heavy atom. The fraction of sp³-hybridized carbons (Fsp3) is 0.